The first-order chi connectivity index (χ1) is 19.8. The van der Waals surface area contributed by atoms with Crippen LogP contribution in [-0.4, -0.2) is 90.3 Å². The lowest BCUT2D eigenvalue weighted by atomic mass is 9.97. The summed E-state index contributed by atoms with van der Waals surface area (Å²) < 4.78 is 11.1. The minimum absolute atomic E-state index is 0.351. The first-order valence-corrected chi connectivity index (χ1v) is 14.6. The Bertz CT molecular complexity index is 1310. The lowest BCUT2D eigenvalue weighted by Gasteiger charge is -2.32. The van der Waals surface area contributed by atoms with E-state index in [2.05, 4.69) is 37.8 Å². The van der Waals surface area contributed by atoms with Crippen molar-refractivity contribution in [1.82, 2.24) is 24.8 Å². The number of hydrogen-bond acceptors (Lipinski definition) is 9. The highest BCUT2D eigenvalue weighted by Crippen LogP contribution is 2.30. The zero-order valence-electron chi connectivity index (χ0n) is 23.1. The van der Waals surface area contributed by atoms with Gasteiger partial charge in [-0.1, -0.05) is 23.2 Å². The number of primary amides is 1. The van der Waals surface area contributed by atoms with Gasteiger partial charge in [-0.3, -0.25) is 0 Å². The summed E-state index contributed by atoms with van der Waals surface area (Å²) in [7, 11) is 2.12. The molecule has 0 bridgehead atoms. The Labute approximate surface area is 250 Å². The molecule has 5 rings (SSSR count). The van der Waals surface area contributed by atoms with Crippen molar-refractivity contribution in [3.8, 4) is 22.9 Å². The number of rotatable bonds is 9. The molecule has 0 unspecified atom stereocenters. The van der Waals surface area contributed by atoms with Gasteiger partial charge >= 0.3 is 6.09 Å². The van der Waals surface area contributed by atoms with Gasteiger partial charge in [-0.05, 0) is 75.1 Å². The SMILES string of the molecule is CN1CCN(c2ncc(Oc3cc(CCN4CCC(COC(N)=O)CC4)cc(-c4cc(Cl)cc(Cl)c4)n3)cn2)CC1. The fourth-order valence-corrected chi connectivity index (χ4v) is 5.65. The first kappa shape index (κ1) is 29.3. The van der Waals surface area contributed by atoms with Gasteiger partial charge in [0.1, 0.15) is 0 Å². The maximum Gasteiger partial charge on any atom is 0.404 e. The normalized spacial score (nSPS) is 17.0. The molecule has 2 aliphatic heterocycles. The molecule has 1 aromatic carbocycles. The third-order valence-corrected chi connectivity index (χ3v) is 7.96. The monoisotopic (exact) mass is 599 g/mol. The second-order valence-electron chi connectivity index (χ2n) is 10.6. The second-order valence-corrected chi connectivity index (χ2v) is 11.5. The van der Waals surface area contributed by atoms with Crippen molar-refractivity contribution in [2.75, 3.05) is 64.4 Å². The van der Waals surface area contributed by atoms with E-state index in [1.807, 2.05) is 18.2 Å². The van der Waals surface area contributed by atoms with E-state index in [0.29, 0.717) is 40.1 Å². The van der Waals surface area contributed by atoms with E-state index < -0.39 is 6.09 Å². The molecule has 2 aliphatic rings. The van der Waals surface area contributed by atoms with Crippen LogP contribution in [0.25, 0.3) is 11.3 Å². The van der Waals surface area contributed by atoms with Crippen molar-refractivity contribution in [2.45, 2.75) is 19.3 Å². The second kappa shape index (κ2) is 13.7. The number of aromatic nitrogens is 3. The standard InChI is InChI=1S/C29H35Cl2N7O3/c1-36-8-10-38(11-9-36)29-33-17-25(18-34-29)41-27-13-21(12-26(35-27)22-14-23(30)16-24(31)15-22)4-7-37-5-2-20(3-6-37)19-40-28(32)39/h12-18,20H,2-11,19H2,1H3,(H2,32,39). The summed E-state index contributed by atoms with van der Waals surface area (Å²) >= 11 is 12.6. The van der Waals surface area contributed by atoms with Gasteiger partial charge in [0.2, 0.25) is 11.8 Å². The van der Waals surface area contributed by atoms with Crippen LogP contribution in [0.5, 0.6) is 11.6 Å². The van der Waals surface area contributed by atoms with Crippen molar-refractivity contribution < 1.29 is 14.3 Å². The topological polar surface area (TPSA) is 110 Å². The number of nitrogens with zero attached hydrogens (tertiary/aromatic N) is 6. The molecule has 2 fully saturated rings. The van der Waals surface area contributed by atoms with Gasteiger partial charge in [0.05, 0.1) is 24.7 Å². The summed E-state index contributed by atoms with van der Waals surface area (Å²) in [6.45, 7) is 6.90. The molecule has 218 valence electrons. The number of carbonyl (C=O) groups is 1. The predicted octanol–water partition coefficient (Wildman–Crippen LogP) is 4.74. The maximum atomic E-state index is 10.9. The Morgan fingerprint density at radius 3 is 2.32 bits per heavy atom. The van der Waals surface area contributed by atoms with Crippen molar-refractivity contribution in [1.29, 1.82) is 0 Å². The van der Waals surface area contributed by atoms with E-state index in [-0.39, 0.29) is 0 Å². The number of ether oxygens (including phenoxy) is 2. The van der Waals surface area contributed by atoms with E-state index in [1.54, 1.807) is 18.5 Å². The fraction of sp³-hybridized carbons (Fsp3) is 0.448. The van der Waals surface area contributed by atoms with Gasteiger partial charge in [0.25, 0.3) is 0 Å². The maximum absolute atomic E-state index is 10.9. The third-order valence-electron chi connectivity index (χ3n) is 7.53. The Hall–Kier alpha value is -3.18. The number of benzene rings is 1. The number of piperazine rings is 1. The molecule has 2 aromatic heterocycles. The van der Waals surface area contributed by atoms with Crippen molar-refractivity contribution in [3.63, 3.8) is 0 Å². The minimum atomic E-state index is -0.711. The first-order valence-electron chi connectivity index (χ1n) is 13.9. The number of hydrogen-bond donors (Lipinski definition) is 1. The quantitative estimate of drug-likeness (QED) is 0.373. The van der Waals surface area contributed by atoms with E-state index >= 15 is 0 Å². The summed E-state index contributed by atoms with van der Waals surface area (Å²) in [5.41, 5.74) is 7.72. The zero-order valence-corrected chi connectivity index (χ0v) is 24.7. The van der Waals surface area contributed by atoms with E-state index in [9.17, 15) is 4.79 Å². The summed E-state index contributed by atoms with van der Waals surface area (Å²) in [6, 6.07) is 9.39. The molecule has 12 heteroatoms. The Kier molecular flexibility index (Phi) is 9.76. The molecule has 10 nitrogen and oxygen atoms in total. The summed E-state index contributed by atoms with van der Waals surface area (Å²) in [6.07, 6.45) is 5.41. The Morgan fingerprint density at radius 2 is 1.66 bits per heavy atom. The molecular formula is C29H35Cl2N7O3. The lowest BCUT2D eigenvalue weighted by Crippen LogP contribution is -2.45. The smallest absolute Gasteiger partial charge is 0.404 e. The van der Waals surface area contributed by atoms with Crippen LogP contribution in [0.1, 0.15) is 18.4 Å². The molecule has 2 N–H and O–H groups in total. The van der Waals surface area contributed by atoms with Gasteiger partial charge in [0, 0.05) is 54.4 Å². The predicted molar refractivity (Wildman–Crippen MR) is 160 cm³/mol. The van der Waals surface area contributed by atoms with Crippen LogP contribution >= 0.6 is 23.2 Å². The molecule has 0 spiro atoms. The van der Waals surface area contributed by atoms with E-state index in [0.717, 1.165) is 81.9 Å². The third kappa shape index (κ3) is 8.42. The summed E-state index contributed by atoms with van der Waals surface area (Å²) in [5, 5.41) is 1.08. The van der Waals surface area contributed by atoms with Gasteiger partial charge in [-0.15, -0.1) is 0 Å². The molecule has 0 saturated carbocycles. The number of likely N-dealkylation sites (tertiary alicyclic amines) is 1. The number of nitrogens with two attached hydrogens (primary N) is 1. The number of carbonyl (C=O) groups excluding carboxylic acids is 1. The van der Waals surface area contributed by atoms with Crippen molar-refractivity contribution in [2.24, 2.45) is 11.7 Å². The van der Waals surface area contributed by atoms with Crippen LogP contribution in [0.15, 0.2) is 42.7 Å². The molecule has 4 heterocycles. The molecule has 41 heavy (non-hydrogen) atoms. The zero-order chi connectivity index (χ0) is 28.8. The average Bonchev–Trinajstić information content (AvgIpc) is 2.96. The van der Waals surface area contributed by atoms with Gasteiger partial charge in [0.15, 0.2) is 5.75 Å². The summed E-state index contributed by atoms with van der Waals surface area (Å²) in [5.74, 6) is 2.02. The number of likely N-dealkylation sites (N-methyl/N-ethyl adjacent to an activating group) is 1. The van der Waals surface area contributed by atoms with Crippen molar-refractivity contribution >= 4 is 35.2 Å². The lowest BCUT2D eigenvalue weighted by molar-refractivity contribution is 0.103. The molecule has 1 amide bonds. The molecule has 0 atom stereocenters. The number of pyridine rings is 1. The molecular weight excluding hydrogens is 565 g/mol. The van der Waals surface area contributed by atoms with Crippen LogP contribution in [0, 0.1) is 5.92 Å². The number of piperidine rings is 1. The van der Waals surface area contributed by atoms with Gasteiger partial charge < -0.3 is 29.9 Å². The highest BCUT2D eigenvalue weighted by molar-refractivity contribution is 6.35. The van der Waals surface area contributed by atoms with E-state index in [4.69, 9.17) is 43.4 Å². The molecule has 2 saturated heterocycles. The Morgan fingerprint density at radius 1 is 0.976 bits per heavy atom. The van der Waals surface area contributed by atoms with Gasteiger partial charge in [-0.25, -0.2) is 19.7 Å². The van der Waals surface area contributed by atoms with Crippen LogP contribution < -0.4 is 15.4 Å². The number of anilines is 1. The molecule has 0 radical (unpaired) electrons. The molecule has 0 aliphatic carbocycles. The summed E-state index contributed by atoms with van der Waals surface area (Å²) in [4.78, 5) is 31.7. The van der Waals surface area contributed by atoms with Crippen LogP contribution in [0.2, 0.25) is 10.0 Å². The van der Waals surface area contributed by atoms with E-state index in [1.165, 1.54) is 0 Å². The largest absolute Gasteiger partial charge is 0.449 e. The van der Waals surface area contributed by atoms with Crippen LogP contribution in [0.3, 0.4) is 0 Å². The fourth-order valence-electron chi connectivity index (χ4n) is 5.12. The minimum Gasteiger partial charge on any atom is -0.449 e. The average molecular weight is 601 g/mol. The highest BCUT2D eigenvalue weighted by Gasteiger charge is 2.21. The highest BCUT2D eigenvalue weighted by atomic mass is 35.5. The molecule has 3 aromatic rings. The van der Waals surface area contributed by atoms with Crippen LogP contribution in [-0.2, 0) is 11.2 Å². The number of amides is 1. The van der Waals surface area contributed by atoms with Gasteiger partial charge in [-0.2, -0.15) is 0 Å². The van der Waals surface area contributed by atoms with Crippen LogP contribution in [0.4, 0.5) is 10.7 Å². The Balaban J connectivity index is 1.28. The van der Waals surface area contributed by atoms with Crippen molar-refractivity contribution in [3.05, 3.63) is 58.3 Å². The number of halogens is 2.